The summed E-state index contributed by atoms with van der Waals surface area (Å²) in [6.07, 6.45) is 8.87. The van der Waals surface area contributed by atoms with Gasteiger partial charge in [0.15, 0.2) is 0 Å². The summed E-state index contributed by atoms with van der Waals surface area (Å²) in [4.78, 5) is 22.8. The van der Waals surface area contributed by atoms with E-state index < -0.39 is 23.8 Å². The molecular weight excluding hydrogens is 360 g/mol. The van der Waals surface area contributed by atoms with Crippen LogP contribution in [-0.2, 0) is 14.3 Å². The van der Waals surface area contributed by atoms with Gasteiger partial charge in [-0.25, -0.2) is 0 Å². The third-order valence-corrected chi connectivity index (χ3v) is 6.02. The minimum Gasteiger partial charge on any atom is -0.481 e. The molecular formula is C22H38O6. The van der Waals surface area contributed by atoms with Crippen LogP contribution in [-0.4, -0.2) is 52.0 Å². The zero-order chi connectivity index (χ0) is 21.2. The molecule has 0 amide bonds. The van der Waals surface area contributed by atoms with Crippen molar-refractivity contribution in [3.05, 3.63) is 12.2 Å². The second-order valence-electron chi connectivity index (χ2n) is 8.22. The maximum absolute atomic E-state index is 12.3. The summed E-state index contributed by atoms with van der Waals surface area (Å²) in [5.41, 5.74) is -0.681. The molecule has 3 N–H and O–H groups in total. The Morgan fingerprint density at radius 3 is 2.57 bits per heavy atom. The smallest absolute Gasteiger partial charge is 0.303 e. The second-order valence-corrected chi connectivity index (χ2v) is 8.22. The molecule has 0 aromatic carbocycles. The Labute approximate surface area is 169 Å². The number of rotatable bonds is 14. The molecule has 0 saturated heterocycles. The molecule has 1 rings (SSSR count). The molecule has 0 bridgehead atoms. The number of aliphatic hydroxyl groups is 2. The Bertz CT molecular complexity index is 517. The molecule has 0 aliphatic heterocycles. The van der Waals surface area contributed by atoms with E-state index in [1.807, 2.05) is 6.92 Å². The van der Waals surface area contributed by atoms with Gasteiger partial charge in [0.25, 0.3) is 0 Å². The highest BCUT2D eigenvalue weighted by Gasteiger charge is 2.40. The van der Waals surface area contributed by atoms with Gasteiger partial charge >= 0.3 is 5.97 Å². The number of methoxy groups -OCH3 is 1. The summed E-state index contributed by atoms with van der Waals surface area (Å²) in [5, 5.41) is 29.5. The van der Waals surface area contributed by atoms with Crippen molar-refractivity contribution in [1.29, 1.82) is 0 Å². The summed E-state index contributed by atoms with van der Waals surface area (Å²) in [7, 11) is 1.59. The van der Waals surface area contributed by atoms with E-state index in [0.717, 1.165) is 38.5 Å². The van der Waals surface area contributed by atoms with Crippen LogP contribution in [0.2, 0.25) is 0 Å². The van der Waals surface area contributed by atoms with Crippen LogP contribution in [0.5, 0.6) is 0 Å². The first-order valence-corrected chi connectivity index (χ1v) is 10.6. The van der Waals surface area contributed by atoms with Gasteiger partial charge in [0.2, 0.25) is 0 Å². The molecule has 28 heavy (non-hydrogen) atoms. The highest BCUT2D eigenvalue weighted by molar-refractivity contribution is 5.84. The summed E-state index contributed by atoms with van der Waals surface area (Å²) in [5.74, 6) is -1.22. The fraction of sp³-hybridized carbons (Fsp3) is 0.818. The van der Waals surface area contributed by atoms with Crippen LogP contribution in [0, 0.1) is 11.8 Å². The van der Waals surface area contributed by atoms with Gasteiger partial charge in [-0.2, -0.15) is 0 Å². The molecule has 0 radical (unpaired) electrons. The van der Waals surface area contributed by atoms with E-state index in [-0.39, 0.29) is 30.5 Å². The molecule has 1 aliphatic rings. The number of carboxylic acid groups (broad SMARTS) is 1. The van der Waals surface area contributed by atoms with Crippen molar-refractivity contribution in [2.24, 2.45) is 11.8 Å². The number of hydrogen-bond donors (Lipinski definition) is 3. The summed E-state index contributed by atoms with van der Waals surface area (Å²) in [6, 6.07) is 0. The molecule has 0 aromatic heterocycles. The van der Waals surface area contributed by atoms with Gasteiger partial charge in [-0.3, -0.25) is 9.59 Å². The average molecular weight is 399 g/mol. The number of Topliss-reactive ketones (excluding diaryl/α,β-unsaturated/α-hetero) is 1. The fourth-order valence-electron chi connectivity index (χ4n) is 3.92. The standard InChI is InChI=1S/C22H38O6/c1-4-5-14-22(2,28-3)20(25)13-12-17-16(18(23)15-19(17)24)10-8-6-7-9-11-21(26)27/h12-13,16-17,19-20,24-25H,4-11,14-15H2,1-3H3,(H,26,27)/t16-,17-,19?,20-,22-/m1/s1. The molecule has 6 heteroatoms. The lowest BCUT2D eigenvalue weighted by atomic mass is 9.86. The number of carbonyl (C=O) groups excluding carboxylic acids is 1. The minimum atomic E-state index is -0.802. The molecule has 0 heterocycles. The molecule has 0 spiro atoms. The molecule has 0 aromatic rings. The number of hydrogen-bond acceptors (Lipinski definition) is 5. The molecule has 162 valence electrons. The maximum atomic E-state index is 12.3. The zero-order valence-corrected chi connectivity index (χ0v) is 17.6. The van der Waals surface area contributed by atoms with Crippen molar-refractivity contribution in [2.45, 2.75) is 95.9 Å². The highest BCUT2D eigenvalue weighted by atomic mass is 16.5. The van der Waals surface area contributed by atoms with Crippen molar-refractivity contribution in [2.75, 3.05) is 7.11 Å². The third-order valence-electron chi connectivity index (χ3n) is 6.02. The van der Waals surface area contributed by atoms with Gasteiger partial charge in [-0.05, 0) is 26.2 Å². The van der Waals surface area contributed by atoms with Crippen molar-refractivity contribution >= 4 is 11.8 Å². The molecule has 1 aliphatic carbocycles. The molecule has 5 atom stereocenters. The van der Waals surface area contributed by atoms with Crippen LogP contribution in [0.15, 0.2) is 12.2 Å². The number of ether oxygens (including phenoxy) is 1. The average Bonchev–Trinajstić information content (AvgIpc) is 2.92. The summed E-state index contributed by atoms with van der Waals surface area (Å²) in [6.45, 7) is 3.97. The Morgan fingerprint density at radius 2 is 1.96 bits per heavy atom. The van der Waals surface area contributed by atoms with Crippen molar-refractivity contribution < 1.29 is 29.6 Å². The number of aliphatic hydroxyl groups excluding tert-OH is 2. The SMILES string of the molecule is CCCC[C@@](C)(OC)[C@H](O)C=C[C@H]1C(O)CC(=O)[C@@H]1CCCCCCC(=O)O. The molecule has 1 unspecified atom stereocenters. The van der Waals surface area contributed by atoms with Gasteiger partial charge in [-0.15, -0.1) is 0 Å². The van der Waals surface area contributed by atoms with E-state index in [1.54, 1.807) is 19.3 Å². The highest BCUT2D eigenvalue weighted by Crippen LogP contribution is 2.35. The van der Waals surface area contributed by atoms with E-state index in [0.29, 0.717) is 12.8 Å². The Morgan fingerprint density at radius 1 is 1.29 bits per heavy atom. The molecule has 1 fully saturated rings. The zero-order valence-electron chi connectivity index (χ0n) is 17.6. The van der Waals surface area contributed by atoms with Crippen LogP contribution in [0.1, 0.15) is 78.1 Å². The van der Waals surface area contributed by atoms with Crippen LogP contribution < -0.4 is 0 Å². The Balaban J connectivity index is 2.61. The van der Waals surface area contributed by atoms with Crippen molar-refractivity contribution in [1.82, 2.24) is 0 Å². The van der Waals surface area contributed by atoms with E-state index in [2.05, 4.69) is 6.92 Å². The van der Waals surface area contributed by atoms with Gasteiger partial charge in [0.1, 0.15) is 11.9 Å². The van der Waals surface area contributed by atoms with E-state index in [1.165, 1.54) is 0 Å². The predicted molar refractivity (Wildman–Crippen MR) is 108 cm³/mol. The fourth-order valence-corrected chi connectivity index (χ4v) is 3.92. The maximum Gasteiger partial charge on any atom is 0.303 e. The number of aliphatic carboxylic acids is 1. The lowest BCUT2D eigenvalue weighted by molar-refractivity contribution is -0.137. The number of ketones is 1. The quantitative estimate of drug-likeness (QED) is 0.306. The Kier molecular flexibility index (Phi) is 10.9. The van der Waals surface area contributed by atoms with Gasteiger partial charge in [-0.1, -0.05) is 51.2 Å². The molecule has 1 saturated carbocycles. The summed E-state index contributed by atoms with van der Waals surface area (Å²) >= 11 is 0. The lowest BCUT2D eigenvalue weighted by Gasteiger charge is -2.32. The van der Waals surface area contributed by atoms with Gasteiger partial charge in [0.05, 0.1) is 11.7 Å². The Hall–Kier alpha value is -1.24. The first-order chi connectivity index (χ1) is 13.2. The second kappa shape index (κ2) is 12.3. The van der Waals surface area contributed by atoms with E-state index in [4.69, 9.17) is 9.84 Å². The largest absolute Gasteiger partial charge is 0.481 e. The first-order valence-electron chi connectivity index (χ1n) is 10.6. The minimum absolute atomic E-state index is 0.0719. The monoisotopic (exact) mass is 398 g/mol. The van der Waals surface area contributed by atoms with Crippen molar-refractivity contribution in [3.8, 4) is 0 Å². The normalized spacial score (nSPS) is 25.9. The van der Waals surface area contributed by atoms with Crippen LogP contribution in [0.25, 0.3) is 0 Å². The third kappa shape index (κ3) is 7.64. The number of carboxylic acids is 1. The van der Waals surface area contributed by atoms with E-state index >= 15 is 0 Å². The molecule has 6 nitrogen and oxygen atoms in total. The van der Waals surface area contributed by atoms with Crippen LogP contribution in [0.3, 0.4) is 0 Å². The number of unbranched alkanes of at least 4 members (excludes halogenated alkanes) is 4. The first kappa shape index (κ1) is 24.8. The van der Waals surface area contributed by atoms with Gasteiger partial charge in [0, 0.05) is 31.8 Å². The topological polar surface area (TPSA) is 104 Å². The van der Waals surface area contributed by atoms with Crippen LogP contribution in [0.4, 0.5) is 0 Å². The number of carbonyl (C=O) groups is 2. The lowest BCUT2D eigenvalue weighted by Crippen LogP contribution is -2.40. The summed E-state index contributed by atoms with van der Waals surface area (Å²) < 4.78 is 5.54. The van der Waals surface area contributed by atoms with Crippen molar-refractivity contribution in [3.63, 3.8) is 0 Å². The van der Waals surface area contributed by atoms with E-state index in [9.17, 15) is 19.8 Å². The van der Waals surface area contributed by atoms with Gasteiger partial charge < -0.3 is 20.1 Å². The van der Waals surface area contributed by atoms with Crippen LogP contribution >= 0.6 is 0 Å². The predicted octanol–water partition coefficient (Wildman–Crippen LogP) is 3.49.